The van der Waals surface area contributed by atoms with Crippen LogP contribution in [0.5, 0.6) is 0 Å². The smallest absolute Gasteiger partial charge is 0.458 e. The molecule has 1 aromatic carbocycles. The van der Waals surface area contributed by atoms with E-state index >= 15 is 0 Å². The van der Waals surface area contributed by atoms with Gasteiger partial charge in [-0.05, 0) is 26.0 Å². The summed E-state index contributed by atoms with van der Waals surface area (Å²) in [7, 11) is 0. The number of aryl methyl sites for hydroxylation is 2. The Kier molecular flexibility index (Phi) is 3.82. The van der Waals surface area contributed by atoms with Crippen LogP contribution in [0.4, 0.5) is 22.0 Å². The van der Waals surface area contributed by atoms with Crippen LogP contribution in [0, 0.1) is 13.8 Å². The highest BCUT2D eigenvalue weighted by molar-refractivity contribution is 7.80. The zero-order valence-corrected chi connectivity index (χ0v) is 11.9. The first-order valence-electron chi connectivity index (χ1n) is 5.90. The van der Waals surface area contributed by atoms with E-state index in [1.54, 1.807) is 6.92 Å². The molecule has 0 aliphatic rings. The fraction of sp³-hybridized carbons (Fsp3) is 0.286. The summed E-state index contributed by atoms with van der Waals surface area (Å²) < 4.78 is 70.7. The third-order valence-corrected chi connectivity index (χ3v) is 3.42. The van der Waals surface area contributed by atoms with Crippen LogP contribution < -0.4 is 0 Å². The van der Waals surface area contributed by atoms with Crippen LogP contribution in [0.15, 0.2) is 33.6 Å². The number of hydrogen-bond donors (Lipinski definition) is 1. The first kappa shape index (κ1) is 15.9. The van der Waals surface area contributed by atoms with Crippen molar-refractivity contribution in [2.24, 2.45) is 0 Å². The van der Waals surface area contributed by atoms with Crippen LogP contribution in [0.25, 0.3) is 11.1 Å². The maximum atomic E-state index is 13.7. The highest BCUT2D eigenvalue weighted by Crippen LogP contribution is 2.49. The third-order valence-electron chi connectivity index (χ3n) is 3.05. The molecule has 114 valence electrons. The van der Waals surface area contributed by atoms with Crippen molar-refractivity contribution in [2.45, 2.75) is 30.8 Å². The van der Waals surface area contributed by atoms with Crippen molar-refractivity contribution in [3.63, 3.8) is 0 Å². The lowest BCUT2D eigenvalue weighted by Gasteiger charge is -2.23. The molecule has 0 unspecified atom stereocenters. The summed E-state index contributed by atoms with van der Waals surface area (Å²) in [6, 6.07) is 4.64. The number of rotatable bonds is 2. The highest BCUT2D eigenvalue weighted by Gasteiger charge is 2.59. The quantitative estimate of drug-likeness (QED) is 0.568. The molecule has 0 amide bonds. The Labute approximate surface area is 123 Å². The Balaban J connectivity index is 2.76. The molecule has 0 saturated carbocycles. The second-order valence-corrected chi connectivity index (χ2v) is 5.08. The molecule has 1 nitrogen and oxygen atoms in total. The molecule has 0 aliphatic carbocycles. The first-order chi connectivity index (χ1) is 9.55. The molecule has 1 heterocycles. The number of benzene rings is 1. The summed E-state index contributed by atoms with van der Waals surface area (Å²) in [5.41, 5.74) is -1.22. The summed E-state index contributed by atoms with van der Waals surface area (Å²) in [6.07, 6.45) is -5.68. The molecule has 2 rings (SSSR count). The van der Waals surface area contributed by atoms with Crippen molar-refractivity contribution in [1.82, 2.24) is 0 Å². The largest absolute Gasteiger partial charge is 0.466 e. The van der Waals surface area contributed by atoms with Gasteiger partial charge in [0, 0.05) is 21.6 Å². The van der Waals surface area contributed by atoms with Crippen molar-refractivity contribution in [2.75, 3.05) is 0 Å². The number of thiol groups is 1. The van der Waals surface area contributed by atoms with Gasteiger partial charge in [-0.15, -0.1) is 12.6 Å². The summed E-state index contributed by atoms with van der Waals surface area (Å²) in [5, 5.41) is 0. The fourth-order valence-electron chi connectivity index (χ4n) is 2.12. The molecule has 0 spiro atoms. The van der Waals surface area contributed by atoms with Gasteiger partial charge in [0.2, 0.25) is 0 Å². The Morgan fingerprint density at radius 3 is 2.14 bits per heavy atom. The van der Waals surface area contributed by atoms with E-state index < -0.39 is 17.7 Å². The van der Waals surface area contributed by atoms with Gasteiger partial charge >= 0.3 is 12.1 Å². The zero-order chi connectivity index (χ0) is 16.0. The van der Waals surface area contributed by atoms with Crippen molar-refractivity contribution < 1.29 is 26.4 Å². The highest BCUT2D eigenvalue weighted by atomic mass is 32.1. The maximum absolute atomic E-state index is 13.7. The molecule has 7 heteroatoms. The van der Waals surface area contributed by atoms with Crippen molar-refractivity contribution in [3.8, 4) is 11.1 Å². The number of furan rings is 1. The normalized spacial score (nSPS) is 12.8. The van der Waals surface area contributed by atoms with E-state index in [9.17, 15) is 22.0 Å². The molecule has 0 atom stereocenters. The monoisotopic (exact) mass is 322 g/mol. The third kappa shape index (κ3) is 2.66. The molecule has 0 N–H and O–H groups in total. The Morgan fingerprint density at radius 1 is 1.05 bits per heavy atom. The SMILES string of the molecule is Cc1cc(-c2c(S)cccc2C(F)(F)C(F)(F)F)c(C)o1. The van der Waals surface area contributed by atoms with E-state index in [4.69, 9.17) is 4.42 Å². The first-order valence-corrected chi connectivity index (χ1v) is 6.35. The lowest BCUT2D eigenvalue weighted by Crippen LogP contribution is -2.34. The summed E-state index contributed by atoms with van der Waals surface area (Å²) in [6.45, 7) is 3.08. The van der Waals surface area contributed by atoms with Crippen molar-refractivity contribution in [3.05, 3.63) is 41.3 Å². The molecule has 0 radical (unpaired) electrons. The van der Waals surface area contributed by atoms with Crippen molar-refractivity contribution >= 4 is 12.6 Å². The molecule has 0 bridgehead atoms. The van der Waals surface area contributed by atoms with Crippen molar-refractivity contribution in [1.29, 1.82) is 0 Å². The van der Waals surface area contributed by atoms with Gasteiger partial charge in [-0.25, -0.2) is 0 Å². The summed E-state index contributed by atoms with van der Waals surface area (Å²) in [4.78, 5) is 0.0281. The molecule has 0 aliphatic heterocycles. The fourth-order valence-corrected chi connectivity index (χ4v) is 2.44. The average Bonchev–Trinajstić information content (AvgIpc) is 2.66. The van der Waals surface area contributed by atoms with E-state index in [0.717, 1.165) is 12.1 Å². The van der Waals surface area contributed by atoms with Gasteiger partial charge in [0.15, 0.2) is 0 Å². The predicted octanol–water partition coefficient (Wildman–Crippen LogP) is 5.51. The standard InChI is InChI=1S/C14H11F5OS/c1-7-6-9(8(2)20-7)12-10(4-3-5-11(12)21)13(15,16)14(17,18)19/h3-6,21H,1-2H3. The Hall–Kier alpha value is -1.50. The van der Waals surface area contributed by atoms with Gasteiger partial charge in [0.1, 0.15) is 11.5 Å². The van der Waals surface area contributed by atoms with Gasteiger partial charge in [-0.1, -0.05) is 12.1 Å². The van der Waals surface area contributed by atoms with Crippen LogP contribution in [0.3, 0.4) is 0 Å². The molecule has 1 aromatic heterocycles. The van der Waals surface area contributed by atoms with Crippen LogP contribution in [-0.2, 0) is 5.92 Å². The number of halogens is 5. The second-order valence-electron chi connectivity index (χ2n) is 4.60. The van der Waals surface area contributed by atoms with Gasteiger partial charge in [0.25, 0.3) is 0 Å². The lowest BCUT2D eigenvalue weighted by atomic mass is 9.95. The van der Waals surface area contributed by atoms with Gasteiger partial charge in [0.05, 0.1) is 0 Å². The topological polar surface area (TPSA) is 13.1 Å². The number of alkyl halides is 5. The predicted molar refractivity (Wildman–Crippen MR) is 70.8 cm³/mol. The lowest BCUT2D eigenvalue weighted by molar-refractivity contribution is -0.289. The maximum Gasteiger partial charge on any atom is 0.458 e. The van der Waals surface area contributed by atoms with Crippen LogP contribution in [0.2, 0.25) is 0 Å². The molecular formula is C14H11F5OS. The summed E-state index contributed by atoms with van der Waals surface area (Å²) >= 11 is 4.02. The van der Waals surface area contributed by atoms with Gasteiger partial charge in [-0.3, -0.25) is 0 Å². The molecule has 21 heavy (non-hydrogen) atoms. The Bertz CT molecular complexity index is 672. The minimum Gasteiger partial charge on any atom is -0.466 e. The van der Waals surface area contributed by atoms with E-state index in [2.05, 4.69) is 12.6 Å². The van der Waals surface area contributed by atoms with Gasteiger partial charge < -0.3 is 4.42 Å². The molecule has 2 aromatic rings. The van der Waals surface area contributed by atoms with E-state index in [0.29, 0.717) is 5.76 Å². The Morgan fingerprint density at radius 2 is 1.67 bits per heavy atom. The zero-order valence-electron chi connectivity index (χ0n) is 11.1. The minimum atomic E-state index is -5.68. The van der Waals surface area contributed by atoms with E-state index in [-0.39, 0.29) is 21.8 Å². The van der Waals surface area contributed by atoms with E-state index in [1.807, 2.05) is 0 Å². The number of hydrogen-bond acceptors (Lipinski definition) is 2. The molecule has 0 fully saturated rings. The van der Waals surface area contributed by atoms with Crippen LogP contribution in [0.1, 0.15) is 17.1 Å². The summed E-state index contributed by atoms with van der Waals surface area (Å²) in [5.74, 6) is -4.30. The molecular weight excluding hydrogens is 311 g/mol. The minimum absolute atomic E-state index is 0.0281. The molecule has 0 saturated heterocycles. The van der Waals surface area contributed by atoms with Crippen LogP contribution >= 0.6 is 12.6 Å². The van der Waals surface area contributed by atoms with Gasteiger partial charge in [-0.2, -0.15) is 22.0 Å². The van der Waals surface area contributed by atoms with E-state index in [1.165, 1.54) is 19.1 Å². The van der Waals surface area contributed by atoms with Crippen LogP contribution in [-0.4, -0.2) is 6.18 Å². The second kappa shape index (κ2) is 5.05. The average molecular weight is 322 g/mol.